The summed E-state index contributed by atoms with van der Waals surface area (Å²) in [5, 5.41) is 2.36. The first-order valence-electron chi connectivity index (χ1n) is 10.4. The predicted molar refractivity (Wildman–Crippen MR) is 128 cm³/mol. The zero-order chi connectivity index (χ0) is 20.6. The van der Waals surface area contributed by atoms with Gasteiger partial charge in [0.05, 0.1) is 0 Å². The molecule has 2 heteroatoms. The van der Waals surface area contributed by atoms with Crippen LogP contribution < -0.4 is 0 Å². The number of aromatic nitrogens is 1. The molecular formula is C29H19NO. The van der Waals surface area contributed by atoms with E-state index in [9.17, 15) is 0 Å². The van der Waals surface area contributed by atoms with E-state index in [2.05, 4.69) is 84.9 Å². The number of nitrogens with zero attached hydrogens (tertiary/aromatic N) is 1. The van der Waals surface area contributed by atoms with E-state index in [0.717, 1.165) is 27.8 Å². The molecule has 0 aliphatic carbocycles. The Balaban J connectivity index is 1.66. The zero-order valence-corrected chi connectivity index (χ0v) is 16.8. The summed E-state index contributed by atoms with van der Waals surface area (Å²) in [5.74, 6) is 0.643. The lowest BCUT2D eigenvalue weighted by molar-refractivity contribution is 0.620. The van der Waals surface area contributed by atoms with E-state index < -0.39 is 0 Å². The van der Waals surface area contributed by atoms with Gasteiger partial charge in [-0.25, -0.2) is 4.98 Å². The Bertz CT molecular complexity index is 1500. The molecule has 0 fully saturated rings. The Kier molecular flexibility index (Phi) is 4.14. The summed E-state index contributed by atoms with van der Waals surface area (Å²) in [6.45, 7) is 0. The molecule has 0 saturated heterocycles. The molecule has 0 N–H and O–H groups in total. The Morgan fingerprint density at radius 3 is 1.87 bits per heavy atom. The van der Waals surface area contributed by atoms with Gasteiger partial charge in [0.1, 0.15) is 5.52 Å². The highest BCUT2D eigenvalue weighted by atomic mass is 16.3. The molecule has 6 aromatic rings. The van der Waals surface area contributed by atoms with Crippen LogP contribution in [0.2, 0.25) is 0 Å². The summed E-state index contributed by atoms with van der Waals surface area (Å²) in [4.78, 5) is 4.81. The molecular weight excluding hydrogens is 378 g/mol. The van der Waals surface area contributed by atoms with Crippen LogP contribution in [0, 0.1) is 0 Å². The molecule has 0 radical (unpaired) electrons. The average molecular weight is 397 g/mol. The van der Waals surface area contributed by atoms with Gasteiger partial charge in [-0.05, 0) is 57.3 Å². The van der Waals surface area contributed by atoms with E-state index in [0.29, 0.717) is 5.89 Å². The highest BCUT2D eigenvalue weighted by Crippen LogP contribution is 2.40. The molecule has 146 valence electrons. The topological polar surface area (TPSA) is 26.0 Å². The summed E-state index contributed by atoms with van der Waals surface area (Å²) >= 11 is 0. The van der Waals surface area contributed by atoms with E-state index >= 15 is 0 Å². The lowest BCUT2D eigenvalue weighted by Gasteiger charge is -2.14. The molecule has 5 aromatic carbocycles. The van der Waals surface area contributed by atoms with Crippen molar-refractivity contribution in [1.82, 2.24) is 4.98 Å². The Morgan fingerprint density at radius 2 is 1.10 bits per heavy atom. The molecule has 31 heavy (non-hydrogen) atoms. The van der Waals surface area contributed by atoms with Crippen LogP contribution in [-0.4, -0.2) is 4.98 Å². The number of rotatable bonds is 3. The minimum Gasteiger partial charge on any atom is -0.436 e. The van der Waals surface area contributed by atoms with Crippen molar-refractivity contribution in [2.75, 3.05) is 0 Å². The van der Waals surface area contributed by atoms with Crippen molar-refractivity contribution in [3.8, 4) is 33.7 Å². The Labute approximate surface area is 180 Å². The predicted octanol–water partition coefficient (Wildman–Crippen LogP) is 7.98. The van der Waals surface area contributed by atoms with E-state index in [1.54, 1.807) is 0 Å². The third kappa shape index (κ3) is 3.10. The standard InChI is InChI=1S/C29H19NO/c1-2-10-20(11-3-1)23-14-6-7-15-24(23)25-18-21-12-4-5-13-22(21)19-26(25)29-30-27-16-8-9-17-28(27)31-29/h1-19H. The molecule has 0 atom stereocenters. The zero-order valence-electron chi connectivity index (χ0n) is 16.8. The second-order valence-corrected chi connectivity index (χ2v) is 7.64. The Morgan fingerprint density at radius 1 is 0.484 bits per heavy atom. The number of para-hydroxylation sites is 2. The van der Waals surface area contributed by atoms with Crippen LogP contribution in [0.3, 0.4) is 0 Å². The molecule has 0 aliphatic heterocycles. The third-order valence-electron chi connectivity index (χ3n) is 5.71. The first kappa shape index (κ1) is 17.7. The monoisotopic (exact) mass is 397 g/mol. The first-order chi connectivity index (χ1) is 15.4. The summed E-state index contributed by atoms with van der Waals surface area (Å²) in [7, 11) is 0. The SMILES string of the molecule is c1ccc(-c2ccccc2-c2cc3ccccc3cc2-c2nc3ccccc3o2)cc1. The normalized spacial score (nSPS) is 11.2. The van der Waals surface area contributed by atoms with E-state index in [1.165, 1.54) is 21.9 Å². The molecule has 0 aliphatic rings. The van der Waals surface area contributed by atoms with Crippen LogP contribution in [0.5, 0.6) is 0 Å². The van der Waals surface area contributed by atoms with Gasteiger partial charge in [-0.1, -0.05) is 91.0 Å². The van der Waals surface area contributed by atoms with Crippen LogP contribution in [-0.2, 0) is 0 Å². The number of benzene rings is 5. The average Bonchev–Trinajstić information content (AvgIpc) is 3.28. The van der Waals surface area contributed by atoms with Gasteiger partial charge in [-0.2, -0.15) is 0 Å². The molecule has 2 nitrogen and oxygen atoms in total. The third-order valence-corrected chi connectivity index (χ3v) is 5.71. The molecule has 0 spiro atoms. The summed E-state index contributed by atoms with van der Waals surface area (Å²) in [6.07, 6.45) is 0. The van der Waals surface area contributed by atoms with Gasteiger partial charge in [0.25, 0.3) is 0 Å². The van der Waals surface area contributed by atoms with Gasteiger partial charge < -0.3 is 4.42 Å². The van der Waals surface area contributed by atoms with Crippen LogP contribution in [0.4, 0.5) is 0 Å². The van der Waals surface area contributed by atoms with Crippen LogP contribution >= 0.6 is 0 Å². The molecule has 0 amide bonds. The lowest BCUT2D eigenvalue weighted by Crippen LogP contribution is -1.90. The van der Waals surface area contributed by atoms with Crippen LogP contribution in [0.25, 0.3) is 55.6 Å². The van der Waals surface area contributed by atoms with Crippen molar-refractivity contribution in [3.05, 3.63) is 115 Å². The van der Waals surface area contributed by atoms with E-state index in [1.807, 2.05) is 30.3 Å². The summed E-state index contributed by atoms with van der Waals surface area (Å²) < 4.78 is 6.20. The smallest absolute Gasteiger partial charge is 0.227 e. The van der Waals surface area contributed by atoms with Gasteiger partial charge >= 0.3 is 0 Å². The second kappa shape index (κ2) is 7.26. The fourth-order valence-electron chi connectivity index (χ4n) is 4.21. The maximum Gasteiger partial charge on any atom is 0.227 e. The van der Waals surface area contributed by atoms with Gasteiger partial charge in [-0.3, -0.25) is 0 Å². The van der Waals surface area contributed by atoms with Gasteiger partial charge in [0.2, 0.25) is 5.89 Å². The summed E-state index contributed by atoms with van der Waals surface area (Å²) in [5.41, 5.74) is 7.33. The molecule has 0 unspecified atom stereocenters. The minimum absolute atomic E-state index is 0.643. The van der Waals surface area contributed by atoms with Crippen molar-refractivity contribution in [2.24, 2.45) is 0 Å². The van der Waals surface area contributed by atoms with Crippen molar-refractivity contribution < 1.29 is 4.42 Å². The largest absolute Gasteiger partial charge is 0.436 e. The fourth-order valence-corrected chi connectivity index (χ4v) is 4.21. The van der Waals surface area contributed by atoms with Crippen molar-refractivity contribution >= 4 is 21.9 Å². The molecule has 0 bridgehead atoms. The lowest BCUT2D eigenvalue weighted by atomic mass is 9.90. The molecule has 1 aromatic heterocycles. The van der Waals surface area contributed by atoms with Gasteiger partial charge in [0.15, 0.2) is 5.58 Å². The van der Waals surface area contributed by atoms with Crippen LogP contribution in [0.1, 0.15) is 0 Å². The number of hydrogen-bond acceptors (Lipinski definition) is 2. The highest BCUT2D eigenvalue weighted by Gasteiger charge is 2.17. The maximum absolute atomic E-state index is 6.20. The Hall–Kier alpha value is -4.17. The number of oxazole rings is 1. The minimum atomic E-state index is 0.643. The molecule has 1 heterocycles. The highest BCUT2D eigenvalue weighted by molar-refractivity contribution is 5.99. The van der Waals surface area contributed by atoms with E-state index in [-0.39, 0.29) is 0 Å². The van der Waals surface area contributed by atoms with Crippen molar-refractivity contribution in [2.45, 2.75) is 0 Å². The van der Waals surface area contributed by atoms with Gasteiger partial charge in [-0.15, -0.1) is 0 Å². The maximum atomic E-state index is 6.20. The molecule has 6 rings (SSSR count). The second-order valence-electron chi connectivity index (χ2n) is 7.64. The van der Waals surface area contributed by atoms with E-state index in [4.69, 9.17) is 9.40 Å². The fraction of sp³-hybridized carbons (Fsp3) is 0. The quantitative estimate of drug-likeness (QED) is 0.302. The van der Waals surface area contributed by atoms with Crippen LogP contribution in [0.15, 0.2) is 120 Å². The molecule has 0 saturated carbocycles. The first-order valence-corrected chi connectivity index (χ1v) is 10.4. The van der Waals surface area contributed by atoms with Gasteiger partial charge in [0, 0.05) is 5.56 Å². The number of fused-ring (bicyclic) bond motifs is 2. The summed E-state index contributed by atoms with van der Waals surface area (Å²) in [6, 6.07) is 39.8. The van der Waals surface area contributed by atoms with Crippen molar-refractivity contribution in [3.63, 3.8) is 0 Å². The number of hydrogen-bond donors (Lipinski definition) is 0. The van der Waals surface area contributed by atoms with Crippen molar-refractivity contribution in [1.29, 1.82) is 0 Å².